The number of esters is 1. The van der Waals surface area contributed by atoms with E-state index in [2.05, 4.69) is 11.4 Å². The zero-order valence-corrected chi connectivity index (χ0v) is 13.6. The van der Waals surface area contributed by atoms with Gasteiger partial charge in [-0.2, -0.15) is 5.26 Å². The summed E-state index contributed by atoms with van der Waals surface area (Å²) in [7, 11) is 0. The summed E-state index contributed by atoms with van der Waals surface area (Å²) in [5, 5.41) is 12.7. The zero-order valence-electron chi connectivity index (χ0n) is 13.6. The number of hydrogen-bond donors (Lipinski definition) is 1. The Morgan fingerprint density at radius 3 is 2.75 bits per heavy atom. The first kappa shape index (κ1) is 16.1. The number of ether oxygens (including phenoxy) is 1. The van der Waals surface area contributed by atoms with E-state index < -0.39 is 24.0 Å². The Morgan fingerprint density at radius 1 is 1.42 bits per heavy atom. The molecule has 6 heteroatoms. The molecule has 1 aromatic carbocycles. The van der Waals surface area contributed by atoms with Gasteiger partial charge in [-0.05, 0) is 38.7 Å². The molecule has 1 amide bonds. The Morgan fingerprint density at radius 2 is 2.12 bits per heavy atom. The molecule has 1 fully saturated rings. The lowest BCUT2D eigenvalue weighted by atomic mass is 9.98. The first-order valence-electron chi connectivity index (χ1n) is 7.82. The minimum atomic E-state index is -0.904. The van der Waals surface area contributed by atoms with Gasteiger partial charge in [0.15, 0.2) is 6.61 Å². The fourth-order valence-electron chi connectivity index (χ4n) is 2.77. The van der Waals surface area contributed by atoms with Crippen molar-refractivity contribution >= 4 is 22.8 Å². The second-order valence-corrected chi connectivity index (χ2v) is 6.27. The molecule has 0 aliphatic heterocycles. The Bertz CT molecular complexity index is 844. The van der Waals surface area contributed by atoms with Crippen LogP contribution < -0.4 is 5.32 Å². The molecule has 1 atom stereocenters. The molecule has 0 unspecified atom stereocenters. The minimum Gasteiger partial charge on any atom is -0.450 e. The van der Waals surface area contributed by atoms with Crippen LogP contribution in [-0.4, -0.2) is 24.0 Å². The van der Waals surface area contributed by atoms with E-state index in [0.717, 1.165) is 18.2 Å². The van der Waals surface area contributed by atoms with Gasteiger partial charge in [0.1, 0.15) is 11.1 Å². The highest BCUT2D eigenvalue weighted by Gasteiger charge is 2.43. The third-order valence-corrected chi connectivity index (χ3v) is 4.39. The SMILES string of the molecule is Cc1c(C(=O)OCC(=O)N[C@](C)(C#N)C2CC2)oc2ccccc12. The molecule has 1 aromatic heterocycles. The molecule has 24 heavy (non-hydrogen) atoms. The predicted octanol–water partition coefficient (Wildman–Crippen LogP) is 2.71. The Labute approximate surface area is 139 Å². The molecule has 1 saturated carbocycles. The number of aryl methyl sites for hydroxylation is 1. The lowest BCUT2D eigenvalue weighted by molar-refractivity contribution is -0.125. The van der Waals surface area contributed by atoms with Gasteiger partial charge >= 0.3 is 5.97 Å². The number of carbonyl (C=O) groups is 2. The number of nitriles is 1. The second kappa shape index (κ2) is 6.00. The van der Waals surface area contributed by atoms with Crippen molar-refractivity contribution < 1.29 is 18.7 Å². The van der Waals surface area contributed by atoms with Crippen molar-refractivity contribution in [2.24, 2.45) is 5.92 Å². The lowest BCUT2D eigenvalue weighted by Crippen LogP contribution is -2.48. The summed E-state index contributed by atoms with van der Waals surface area (Å²) in [5.74, 6) is -0.925. The van der Waals surface area contributed by atoms with Crippen LogP contribution in [0.5, 0.6) is 0 Å². The van der Waals surface area contributed by atoms with E-state index in [1.807, 2.05) is 18.2 Å². The Kier molecular flexibility index (Phi) is 4.02. The van der Waals surface area contributed by atoms with E-state index >= 15 is 0 Å². The molecule has 1 aliphatic carbocycles. The van der Waals surface area contributed by atoms with Crippen LogP contribution in [0.25, 0.3) is 11.0 Å². The van der Waals surface area contributed by atoms with E-state index in [9.17, 15) is 14.9 Å². The van der Waals surface area contributed by atoms with Crippen LogP contribution in [0.2, 0.25) is 0 Å². The van der Waals surface area contributed by atoms with Crippen molar-refractivity contribution in [3.63, 3.8) is 0 Å². The van der Waals surface area contributed by atoms with Crippen molar-refractivity contribution in [2.75, 3.05) is 6.61 Å². The first-order valence-corrected chi connectivity index (χ1v) is 7.82. The van der Waals surface area contributed by atoms with Gasteiger partial charge in [-0.3, -0.25) is 4.79 Å². The van der Waals surface area contributed by atoms with E-state index in [-0.39, 0.29) is 11.7 Å². The van der Waals surface area contributed by atoms with Gasteiger partial charge in [-0.25, -0.2) is 4.79 Å². The van der Waals surface area contributed by atoms with Crippen LogP contribution in [-0.2, 0) is 9.53 Å². The smallest absolute Gasteiger partial charge is 0.375 e. The van der Waals surface area contributed by atoms with Crippen LogP contribution in [0.3, 0.4) is 0 Å². The van der Waals surface area contributed by atoms with E-state index in [1.54, 1.807) is 19.9 Å². The van der Waals surface area contributed by atoms with Gasteiger partial charge in [0.2, 0.25) is 5.76 Å². The zero-order chi connectivity index (χ0) is 17.3. The quantitative estimate of drug-likeness (QED) is 0.853. The molecule has 3 rings (SSSR count). The molecule has 124 valence electrons. The highest BCUT2D eigenvalue weighted by Crippen LogP contribution is 2.39. The van der Waals surface area contributed by atoms with Gasteiger partial charge in [-0.15, -0.1) is 0 Å². The molecule has 1 N–H and O–H groups in total. The van der Waals surface area contributed by atoms with Gasteiger partial charge in [0.05, 0.1) is 6.07 Å². The van der Waals surface area contributed by atoms with Gasteiger partial charge < -0.3 is 14.5 Å². The number of furan rings is 1. The summed E-state index contributed by atoms with van der Waals surface area (Å²) < 4.78 is 10.5. The lowest BCUT2D eigenvalue weighted by Gasteiger charge is -2.22. The number of para-hydroxylation sites is 1. The van der Waals surface area contributed by atoms with Crippen LogP contribution >= 0.6 is 0 Å². The highest BCUT2D eigenvalue weighted by molar-refractivity contribution is 5.96. The number of carbonyl (C=O) groups excluding carboxylic acids is 2. The predicted molar refractivity (Wildman–Crippen MR) is 86.1 cm³/mol. The number of hydrogen-bond acceptors (Lipinski definition) is 5. The first-order chi connectivity index (χ1) is 11.4. The molecule has 2 aromatic rings. The molecular formula is C18H18N2O4. The topological polar surface area (TPSA) is 92.3 Å². The third kappa shape index (κ3) is 2.98. The van der Waals surface area contributed by atoms with Crippen LogP contribution in [0.4, 0.5) is 0 Å². The summed E-state index contributed by atoms with van der Waals surface area (Å²) in [5.41, 5.74) is 0.367. The average Bonchev–Trinajstić information content (AvgIpc) is 3.38. The molecule has 0 radical (unpaired) electrons. The maximum atomic E-state index is 12.2. The highest BCUT2D eigenvalue weighted by atomic mass is 16.5. The van der Waals surface area contributed by atoms with Gasteiger partial charge in [-0.1, -0.05) is 18.2 Å². The van der Waals surface area contributed by atoms with Crippen molar-refractivity contribution in [1.29, 1.82) is 5.26 Å². The maximum absolute atomic E-state index is 12.2. The summed E-state index contributed by atoms with van der Waals surface area (Å²) in [6, 6.07) is 9.41. The largest absolute Gasteiger partial charge is 0.450 e. The minimum absolute atomic E-state index is 0.0919. The van der Waals surface area contributed by atoms with E-state index in [4.69, 9.17) is 9.15 Å². The van der Waals surface area contributed by atoms with Crippen molar-refractivity contribution in [3.05, 3.63) is 35.6 Å². The van der Waals surface area contributed by atoms with Crippen molar-refractivity contribution in [1.82, 2.24) is 5.32 Å². The van der Waals surface area contributed by atoms with Crippen LogP contribution in [0.1, 0.15) is 35.9 Å². The van der Waals surface area contributed by atoms with Crippen molar-refractivity contribution in [2.45, 2.75) is 32.2 Å². The monoisotopic (exact) mass is 326 g/mol. The number of nitrogens with one attached hydrogen (secondary N) is 1. The summed E-state index contributed by atoms with van der Waals surface area (Å²) in [6.07, 6.45) is 1.84. The molecule has 1 aliphatic rings. The molecule has 1 heterocycles. The number of benzene rings is 1. The molecule has 0 saturated heterocycles. The Balaban J connectivity index is 1.63. The standard InChI is InChI=1S/C18H18N2O4/c1-11-13-5-3-4-6-14(13)24-16(11)17(22)23-9-15(21)20-18(2,10-19)12-7-8-12/h3-6,12H,7-9H2,1-2H3,(H,20,21)/t18-/m1/s1. The number of fused-ring (bicyclic) bond motifs is 1. The van der Waals surface area contributed by atoms with Crippen LogP contribution in [0, 0.1) is 24.2 Å². The number of nitrogens with zero attached hydrogens (tertiary/aromatic N) is 1. The molecular weight excluding hydrogens is 308 g/mol. The maximum Gasteiger partial charge on any atom is 0.375 e. The Hall–Kier alpha value is -2.81. The van der Waals surface area contributed by atoms with E-state index in [0.29, 0.717) is 11.1 Å². The fourth-order valence-corrected chi connectivity index (χ4v) is 2.77. The summed E-state index contributed by atoms with van der Waals surface area (Å²) in [6.45, 7) is 3.01. The fraction of sp³-hybridized carbons (Fsp3) is 0.389. The number of amides is 1. The van der Waals surface area contributed by atoms with Gasteiger partial charge in [0.25, 0.3) is 5.91 Å². The third-order valence-electron chi connectivity index (χ3n) is 4.39. The molecule has 0 spiro atoms. The van der Waals surface area contributed by atoms with Crippen molar-refractivity contribution in [3.8, 4) is 6.07 Å². The summed E-state index contributed by atoms with van der Waals surface area (Å²) in [4.78, 5) is 24.1. The molecule has 0 bridgehead atoms. The molecule has 6 nitrogen and oxygen atoms in total. The van der Waals surface area contributed by atoms with E-state index in [1.165, 1.54) is 0 Å². The average molecular weight is 326 g/mol. The summed E-state index contributed by atoms with van der Waals surface area (Å²) >= 11 is 0. The van der Waals surface area contributed by atoms with Gasteiger partial charge in [0, 0.05) is 10.9 Å². The number of rotatable bonds is 5. The normalized spacial score (nSPS) is 16.2. The van der Waals surface area contributed by atoms with Crippen LogP contribution in [0.15, 0.2) is 28.7 Å². The second-order valence-electron chi connectivity index (χ2n) is 6.27.